The van der Waals surface area contributed by atoms with Gasteiger partial charge in [-0.1, -0.05) is 20.3 Å². The summed E-state index contributed by atoms with van der Waals surface area (Å²) in [5, 5.41) is 15.4. The van der Waals surface area contributed by atoms with E-state index in [0.29, 0.717) is 51.5 Å². The first kappa shape index (κ1) is 35.9. The second kappa shape index (κ2) is 17.5. The van der Waals surface area contributed by atoms with Crippen molar-refractivity contribution in [3.8, 4) is 0 Å². The lowest BCUT2D eigenvalue weighted by Crippen LogP contribution is -2.59. The number of carbonyl (C=O) groups excluding carboxylic acids is 5. The third-order valence-electron chi connectivity index (χ3n) is 6.38. The van der Waals surface area contributed by atoms with Gasteiger partial charge >= 0.3 is 5.97 Å². The van der Waals surface area contributed by atoms with Gasteiger partial charge in [0.1, 0.15) is 17.6 Å². The molecule has 0 aromatic rings. The van der Waals surface area contributed by atoms with Crippen molar-refractivity contribution >= 4 is 35.4 Å². The standard InChI is InChI=1S/C24H43N5O6.C2H4O2/c1-14(2)13-19(28-16(4)30)22(33)29-18(10-6-7-12-25)21(32)27-15(3)20(31)17-9-8-11-24(17,26)23(34)35-5;1-2(3)4/h14-15,17-19H,6-13,25-26H2,1-5H3,(H,27,32)(H,28,30)(H,29,33);1H3,(H,3,4)/t15-,17?,18-,19-,24?;/m0./s1. The number of methoxy groups -OCH3 is 1. The molecule has 39 heavy (non-hydrogen) atoms. The summed E-state index contributed by atoms with van der Waals surface area (Å²) in [5.74, 6) is -3.81. The number of amides is 3. The second-order valence-corrected chi connectivity index (χ2v) is 10.4. The van der Waals surface area contributed by atoms with Crippen LogP contribution in [0.4, 0.5) is 0 Å². The Kier molecular flexibility index (Phi) is 16.1. The summed E-state index contributed by atoms with van der Waals surface area (Å²) in [6.07, 6.45) is 3.32. The lowest BCUT2D eigenvalue weighted by Gasteiger charge is -2.30. The number of carboxylic acid groups (broad SMARTS) is 1. The van der Waals surface area contributed by atoms with Crippen molar-refractivity contribution in [1.82, 2.24) is 16.0 Å². The Morgan fingerprint density at radius 2 is 1.54 bits per heavy atom. The van der Waals surface area contributed by atoms with Crippen molar-refractivity contribution in [3.05, 3.63) is 0 Å². The number of ether oxygens (including phenoxy) is 1. The number of hydrogen-bond acceptors (Lipinski definition) is 9. The van der Waals surface area contributed by atoms with Crippen LogP contribution < -0.4 is 27.4 Å². The van der Waals surface area contributed by atoms with Crippen molar-refractivity contribution in [2.75, 3.05) is 13.7 Å². The van der Waals surface area contributed by atoms with E-state index in [2.05, 4.69) is 16.0 Å². The summed E-state index contributed by atoms with van der Waals surface area (Å²) >= 11 is 0. The van der Waals surface area contributed by atoms with E-state index in [4.69, 9.17) is 26.1 Å². The summed E-state index contributed by atoms with van der Waals surface area (Å²) in [4.78, 5) is 71.9. The molecule has 1 rings (SSSR count). The molecule has 0 aromatic heterocycles. The maximum Gasteiger partial charge on any atom is 0.326 e. The van der Waals surface area contributed by atoms with Crippen LogP contribution in [-0.2, 0) is 33.5 Å². The molecule has 8 N–H and O–H groups in total. The van der Waals surface area contributed by atoms with Gasteiger partial charge in [-0.2, -0.15) is 0 Å². The predicted octanol–water partition coefficient (Wildman–Crippen LogP) is -0.0137. The fourth-order valence-electron chi connectivity index (χ4n) is 4.53. The average Bonchev–Trinajstić information content (AvgIpc) is 3.23. The third-order valence-corrected chi connectivity index (χ3v) is 6.38. The molecule has 13 nitrogen and oxygen atoms in total. The molecule has 0 saturated heterocycles. The quantitative estimate of drug-likeness (QED) is 0.124. The number of carbonyl (C=O) groups is 6. The van der Waals surface area contributed by atoms with Crippen LogP contribution in [0, 0.1) is 11.8 Å². The van der Waals surface area contributed by atoms with Gasteiger partial charge in [-0.25, -0.2) is 0 Å². The van der Waals surface area contributed by atoms with Crippen LogP contribution in [0.2, 0.25) is 0 Å². The van der Waals surface area contributed by atoms with E-state index in [9.17, 15) is 24.0 Å². The molecule has 5 atom stereocenters. The smallest absolute Gasteiger partial charge is 0.326 e. The summed E-state index contributed by atoms with van der Waals surface area (Å²) in [5.41, 5.74) is 10.4. The van der Waals surface area contributed by atoms with Gasteiger partial charge in [0.2, 0.25) is 17.7 Å². The summed E-state index contributed by atoms with van der Waals surface area (Å²) in [7, 11) is 1.23. The molecule has 3 amide bonds. The normalized spacial score (nSPS) is 20.5. The minimum absolute atomic E-state index is 0.137. The number of unbranched alkanes of at least 4 members (excludes halogenated alkanes) is 1. The molecule has 1 aliphatic rings. The average molecular weight is 558 g/mol. The highest BCUT2D eigenvalue weighted by atomic mass is 16.5. The highest BCUT2D eigenvalue weighted by Gasteiger charge is 2.51. The summed E-state index contributed by atoms with van der Waals surface area (Å²) in [6, 6.07) is -2.62. The monoisotopic (exact) mass is 557 g/mol. The number of nitrogens with two attached hydrogens (primary N) is 2. The van der Waals surface area contributed by atoms with Gasteiger partial charge in [-0.15, -0.1) is 0 Å². The number of nitrogens with one attached hydrogen (secondary N) is 3. The maximum atomic E-state index is 13.1. The van der Waals surface area contributed by atoms with E-state index in [0.717, 1.165) is 6.92 Å². The Labute approximate surface area is 230 Å². The molecule has 224 valence electrons. The van der Waals surface area contributed by atoms with Crippen LogP contribution in [0.15, 0.2) is 0 Å². The third kappa shape index (κ3) is 12.6. The van der Waals surface area contributed by atoms with Gasteiger partial charge < -0.3 is 37.3 Å². The Balaban J connectivity index is 0.00000336. The Morgan fingerprint density at radius 1 is 0.974 bits per heavy atom. The van der Waals surface area contributed by atoms with E-state index in [-0.39, 0.29) is 17.6 Å². The van der Waals surface area contributed by atoms with E-state index in [1.165, 1.54) is 21.0 Å². The number of hydrogen-bond donors (Lipinski definition) is 6. The van der Waals surface area contributed by atoms with Gasteiger partial charge in [0.15, 0.2) is 5.78 Å². The lowest BCUT2D eigenvalue weighted by molar-refractivity contribution is -0.151. The SMILES string of the molecule is CC(=O)O.COC(=O)C1(N)CCCC1C(=O)[C@H](C)NC(=O)[C@H](CCCCN)NC(=O)[C@H](CC(C)C)NC(C)=O. The molecule has 1 saturated carbocycles. The summed E-state index contributed by atoms with van der Waals surface area (Å²) in [6.45, 7) is 8.24. The van der Waals surface area contributed by atoms with Crippen LogP contribution in [-0.4, -0.2) is 77.9 Å². The molecule has 0 radical (unpaired) electrons. The highest BCUT2D eigenvalue weighted by Crippen LogP contribution is 2.36. The largest absolute Gasteiger partial charge is 0.481 e. The molecule has 0 bridgehead atoms. The molecule has 0 aromatic carbocycles. The van der Waals surface area contributed by atoms with Crippen LogP contribution in [0.3, 0.4) is 0 Å². The first-order valence-corrected chi connectivity index (χ1v) is 13.3. The molecule has 13 heteroatoms. The first-order chi connectivity index (χ1) is 18.1. The fraction of sp³-hybridized carbons (Fsp3) is 0.769. The van der Waals surface area contributed by atoms with Crippen molar-refractivity contribution in [1.29, 1.82) is 0 Å². The van der Waals surface area contributed by atoms with Crippen LogP contribution in [0.25, 0.3) is 0 Å². The first-order valence-electron chi connectivity index (χ1n) is 13.3. The molecule has 0 spiro atoms. The zero-order valence-electron chi connectivity index (χ0n) is 24.0. The van der Waals surface area contributed by atoms with Crippen LogP contribution in [0.1, 0.15) is 79.6 Å². The minimum atomic E-state index is -1.41. The number of esters is 1. The number of Topliss-reactive ketones (excluding diaryl/α,β-unsaturated/α-hetero) is 1. The minimum Gasteiger partial charge on any atom is -0.481 e. The number of rotatable bonds is 14. The molecule has 2 unspecified atom stereocenters. The van der Waals surface area contributed by atoms with Gasteiger partial charge in [0.25, 0.3) is 5.97 Å². The van der Waals surface area contributed by atoms with E-state index in [1.54, 1.807) is 0 Å². The molecule has 0 aliphatic heterocycles. The van der Waals surface area contributed by atoms with Crippen molar-refractivity contribution in [2.45, 2.75) is 103 Å². The van der Waals surface area contributed by atoms with Gasteiger partial charge in [0.05, 0.1) is 13.2 Å². The van der Waals surface area contributed by atoms with E-state index in [1.807, 2.05) is 13.8 Å². The van der Waals surface area contributed by atoms with Gasteiger partial charge in [-0.05, 0) is 57.9 Å². The van der Waals surface area contributed by atoms with Crippen molar-refractivity contribution < 1.29 is 38.6 Å². The topological polar surface area (TPSA) is 220 Å². The summed E-state index contributed by atoms with van der Waals surface area (Å²) < 4.78 is 4.80. The molecule has 0 heterocycles. The van der Waals surface area contributed by atoms with Gasteiger partial charge in [0, 0.05) is 19.8 Å². The van der Waals surface area contributed by atoms with Crippen LogP contribution >= 0.6 is 0 Å². The van der Waals surface area contributed by atoms with Crippen molar-refractivity contribution in [2.24, 2.45) is 23.3 Å². The number of aliphatic carboxylic acids is 1. The maximum absolute atomic E-state index is 13.1. The molecule has 1 fully saturated rings. The van der Waals surface area contributed by atoms with E-state index < -0.39 is 53.3 Å². The predicted molar refractivity (Wildman–Crippen MR) is 144 cm³/mol. The molecule has 1 aliphatic carbocycles. The lowest BCUT2D eigenvalue weighted by atomic mass is 9.82. The zero-order chi connectivity index (χ0) is 30.3. The molecular weight excluding hydrogens is 510 g/mol. The fourth-order valence-corrected chi connectivity index (χ4v) is 4.53. The highest BCUT2D eigenvalue weighted by molar-refractivity contribution is 5.98. The number of ketones is 1. The Hall–Kier alpha value is -3.06. The van der Waals surface area contributed by atoms with E-state index >= 15 is 0 Å². The molecular formula is C26H47N5O8. The van der Waals surface area contributed by atoms with Crippen LogP contribution in [0.5, 0.6) is 0 Å². The second-order valence-electron chi connectivity index (χ2n) is 10.4. The number of carboxylic acids is 1. The zero-order valence-corrected chi connectivity index (χ0v) is 24.0. The Bertz CT molecular complexity index is 861. The van der Waals surface area contributed by atoms with Gasteiger partial charge in [-0.3, -0.25) is 28.8 Å². The van der Waals surface area contributed by atoms with Crippen molar-refractivity contribution in [3.63, 3.8) is 0 Å². The Morgan fingerprint density at radius 3 is 2.03 bits per heavy atom.